The van der Waals surface area contributed by atoms with Crippen molar-refractivity contribution in [1.82, 2.24) is 4.90 Å². The highest BCUT2D eigenvalue weighted by molar-refractivity contribution is 8.00. The van der Waals surface area contributed by atoms with Crippen molar-refractivity contribution in [2.24, 2.45) is 0 Å². The molecular formula is C19H21F2NO5S. The molecule has 5 atom stereocenters. The lowest BCUT2D eigenvalue weighted by atomic mass is 9.73. The predicted molar refractivity (Wildman–Crippen MR) is 96.3 cm³/mol. The molecule has 152 valence electrons. The van der Waals surface area contributed by atoms with Crippen LogP contribution >= 0.6 is 11.8 Å². The molecule has 3 saturated heterocycles. The van der Waals surface area contributed by atoms with Crippen LogP contribution in [-0.2, 0) is 19.0 Å². The van der Waals surface area contributed by atoms with Gasteiger partial charge in [-0.3, -0.25) is 0 Å². The SMILES string of the molecule is CCN(CC)C(=O)O[C@@]12C(=O)O[C@@H]3[C@@H](Sc4ccccc4)[C@@H](O[C@@]31C)C2(F)F. The summed E-state index contributed by atoms with van der Waals surface area (Å²) in [5.41, 5.74) is -4.53. The predicted octanol–water partition coefficient (Wildman–Crippen LogP) is 3.10. The maximum Gasteiger partial charge on any atom is 0.411 e. The molecule has 9 heteroatoms. The van der Waals surface area contributed by atoms with Gasteiger partial charge in [-0.2, -0.15) is 8.78 Å². The van der Waals surface area contributed by atoms with Crippen LogP contribution in [0.4, 0.5) is 13.6 Å². The Balaban J connectivity index is 1.70. The summed E-state index contributed by atoms with van der Waals surface area (Å²) in [4.78, 5) is 27.1. The van der Waals surface area contributed by atoms with Crippen LogP contribution in [0.25, 0.3) is 0 Å². The quantitative estimate of drug-likeness (QED) is 0.692. The molecule has 1 aromatic rings. The zero-order valence-electron chi connectivity index (χ0n) is 15.7. The van der Waals surface area contributed by atoms with E-state index < -0.39 is 46.6 Å². The minimum atomic E-state index is -3.72. The Hall–Kier alpha value is -1.87. The van der Waals surface area contributed by atoms with E-state index in [0.717, 1.165) is 4.90 Å². The topological polar surface area (TPSA) is 65.1 Å². The van der Waals surface area contributed by atoms with Crippen molar-refractivity contribution in [1.29, 1.82) is 0 Å². The van der Waals surface area contributed by atoms with Gasteiger partial charge in [0.15, 0.2) is 11.7 Å². The Morgan fingerprint density at radius 1 is 1.21 bits per heavy atom. The lowest BCUT2D eigenvalue weighted by molar-refractivity contribution is -0.196. The molecule has 0 aromatic heterocycles. The van der Waals surface area contributed by atoms with Gasteiger partial charge in [-0.25, -0.2) is 9.59 Å². The highest BCUT2D eigenvalue weighted by Gasteiger charge is 2.94. The van der Waals surface area contributed by atoms with Crippen molar-refractivity contribution in [2.75, 3.05) is 13.1 Å². The molecule has 3 aliphatic heterocycles. The number of hydrogen-bond acceptors (Lipinski definition) is 6. The number of ether oxygens (including phenoxy) is 3. The molecule has 4 rings (SSSR count). The number of rotatable bonds is 5. The monoisotopic (exact) mass is 413 g/mol. The number of nitrogens with zero attached hydrogens (tertiary/aromatic N) is 1. The van der Waals surface area contributed by atoms with E-state index >= 15 is 8.78 Å². The molecule has 0 unspecified atom stereocenters. The Morgan fingerprint density at radius 3 is 2.46 bits per heavy atom. The van der Waals surface area contributed by atoms with Crippen LogP contribution in [0.15, 0.2) is 35.2 Å². The van der Waals surface area contributed by atoms with Gasteiger partial charge in [0.2, 0.25) is 0 Å². The molecule has 3 aliphatic rings. The van der Waals surface area contributed by atoms with E-state index in [2.05, 4.69) is 0 Å². The first-order valence-corrected chi connectivity index (χ1v) is 10.1. The molecule has 3 heterocycles. The number of carbonyl (C=O) groups is 2. The third-order valence-corrected chi connectivity index (χ3v) is 7.15. The number of fused-ring (bicyclic) bond motifs is 1. The molecule has 28 heavy (non-hydrogen) atoms. The number of esters is 1. The Morgan fingerprint density at radius 2 is 1.86 bits per heavy atom. The second-order valence-electron chi connectivity index (χ2n) is 7.21. The first kappa shape index (κ1) is 19.4. The third-order valence-electron chi connectivity index (χ3n) is 5.84. The molecule has 0 spiro atoms. The summed E-state index contributed by atoms with van der Waals surface area (Å²) in [5, 5.41) is -0.811. The average molecular weight is 413 g/mol. The first-order chi connectivity index (χ1) is 13.2. The maximum atomic E-state index is 15.5. The van der Waals surface area contributed by atoms with Crippen molar-refractivity contribution in [3.8, 4) is 0 Å². The van der Waals surface area contributed by atoms with Crippen molar-refractivity contribution in [3.05, 3.63) is 30.3 Å². The van der Waals surface area contributed by atoms with Crippen molar-refractivity contribution >= 4 is 23.8 Å². The molecule has 0 radical (unpaired) electrons. The van der Waals surface area contributed by atoms with Gasteiger partial charge in [0.25, 0.3) is 0 Å². The minimum Gasteiger partial charge on any atom is -0.455 e. The molecule has 6 nitrogen and oxygen atoms in total. The lowest BCUT2D eigenvalue weighted by Crippen LogP contribution is -2.69. The van der Waals surface area contributed by atoms with Gasteiger partial charge in [-0.05, 0) is 32.9 Å². The summed E-state index contributed by atoms with van der Waals surface area (Å²) in [6, 6.07) is 9.01. The fourth-order valence-electron chi connectivity index (χ4n) is 4.35. The number of thioether (sulfide) groups is 1. The van der Waals surface area contributed by atoms with E-state index in [1.54, 1.807) is 38.1 Å². The first-order valence-electron chi connectivity index (χ1n) is 9.19. The summed E-state index contributed by atoms with van der Waals surface area (Å²) in [6.07, 6.45) is -3.53. The molecule has 1 amide bonds. The molecule has 3 fully saturated rings. The number of halogens is 2. The fourth-order valence-corrected chi connectivity index (χ4v) is 5.77. The van der Waals surface area contributed by atoms with Gasteiger partial charge in [-0.1, -0.05) is 18.2 Å². The highest BCUT2D eigenvalue weighted by Crippen LogP contribution is 2.67. The zero-order valence-corrected chi connectivity index (χ0v) is 16.5. The summed E-state index contributed by atoms with van der Waals surface area (Å²) in [7, 11) is 0. The average Bonchev–Trinajstić information content (AvgIpc) is 3.11. The van der Waals surface area contributed by atoms with Gasteiger partial charge >= 0.3 is 23.6 Å². The van der Waals surface area contributed by atoms with E-state index in [0.29, 0.717) is 0 Å². The van der Waals surface area contributed by atoms with E-state index in [4.69, 9.17) is 14.2 Å². The van der Waals surface area contributed by atoms with E-state index in [1.807, 2.05) is 6.07 Å². The van der Waals surface area contributed by atoms with Crippen LogP contribution in [0.3, 0.4) is 0 Å². The van der Waals surface area contributed by atoms with Gasteiger partial charge in [-0.15, -0.1) is 11.8 Å². The van der Waals surface area contributed by atoms with E-state index in [9.17, 15) is 9.59 Å². The van der Waals surface area contributed by atoms with Crippen LogP contribution in [0, 0.1) is 0 Å². The summed E-state index contributed by atoms with van der Waals surface area (Å²) in [6.45, 7) is 5.30. The smallest absolute Gasteiger partial charge is 0.411 e. The number of carbonyl (C=O) groups excluding carboxylic acids is 2. The number of amides is 1. The number of benzene rings is 1. The van der Waals surface area contributed by atoms with Crippen molar-refractivity contribution in [3.63, 3.8) is 0 Å². The molecule has 2 bridgehead atoms. The number of hydrogen-bond donors (Lipinski definition) is 0. The largest absolute Gasteiger partial charge is 0.455 e. The molecule has 0 N–H and O–H groups in total. The van der Waals surface area contributed by atoms with Crippen LogP contribution in [0.1, 0.15) is 20.8 Å². The normalized spacial score (nSPS) is 37.0. The van der Waals surface area contributed by atoms with Gasteiger partial charge in [0, 0.05) is 18.0 Å². The third kappa shape index (κ3) is 2.23. The Labute approximate surface area is 165 Å². The molecule has 1 aromatic carbocycles. The fraction of sp³-hybridized carbons (Fsp3) is 0.579. The van der Waals surface area contributed by atoms with Crippen LogP contribution in [0.2, 0.25) is 0 Å². The molecular weight excluding hydrogens is 392 g/mol. The lowest BCUT2D eigenvalue weighted by Gasteiger charge is -2.40. The van der Waals surface area contributed by atoms with Gasteiger partial charge < -0.3 is 19.1 Å². The highest BCUT2D eigenvalue weighted by atomic mass is 32.2. The second kappa shape index (κ2) is 6.32. The van der Waals surface area contributed by atoms with Crippen molar-refractivity contribution in [2.45, 2.75) is 60.2 Å². The van der Waals surface area contributed by atoms with Crippen LogP contribution in [0.5, 0.6) is 0 Å². The Kier molecular flexibility index (Phi) is 4.39. The van der Waals surface area contributed by atoms with Gasteiger partial charge in [0.1, 0.15) is 6.10 Å². The maximum absolute atomic E-state index is 15.5. The van der Waals surface area contributed by atoms with E-state index in [-0.39, 0.29) is 13.1 Å². The Bertz CT molecular complexity index is 805. The second-order valence-corrected chi connectivity index (χ2v) is 8.46. The standard InChI is InChI=1S/C19H21F2NO5S/c1-4-22(5-2)16(24)27-18-15(23)25-13-12(28-11-9-7-6-8-10-11)14(19(18,20)21)26-17(13,18)3/h6-10,12-14H,4-5H2,1-3H3/t12-,13-,14-,17+,18+/m1/s1. The van der Waals surface area contributed by atoms with Crippen molar-refractivity contribution < 1.29 is 32.6 Å². The molecule has 0 saturated carbocycles. The van der Waals surface area contributed by atoms with Crippen LogP contribution < -0.4 is 0 Å². The summed E-state index contributed by atoms with van der Waals surface area (Å²) in [5.74, 6) is -4.97. The minimum absolute atomic E-state index is 0.267. The zero-order chi connectivity index (χ0) is 20.3. The number of alkyl halides is 2. The summed E-state index contributed by atoms with van der Waals surface area (Å²) >= 11 is 1.18. The van der Waals surface area contributed by atoms with Gasteiger partial charge in [0.05, 0.1) is 5.25 Å². The molecule has 0 aliphatic carbocycles. The van der Waals surface area contributed by atoms with E-state index in [1.165, 1.54) is 23.6 Å². The van der Waals surface area contributed by atoms with Crippen LogP contribution in [-0.4, -0.2) is 64.6 Å². The summed E-state index contributed by atoms with van der Waals surface area (Å²) < 4.78 is 47.3.